The smallest absolute Gasteiger partial charge is 0.273 e. The van der Waals surface area contributed by atoms with Crippen LogP contribution in [0.4, 0.5) is 5.69 Å². The van der Waals surface area contributed by atoms with Crippen molar-refractivity contribution in [2.45, 2.75) is 13.0 Å². The molecule has 0 radical (unpaired) electrons. The highest BCUT2D eigenvalue weighted by atomic mass is 79.9. The van der Waals surface area contributed by atoms with Gasteiger partial charge in [-0.15, -0.1) is 0 Å². The molecule has 104 valence electrons. The Labute approximate surface area is 124 Å². The number of benzene rings is 2. The lowest BCUT2D eigenvalue weighted by Crippen LogP contribution is -2.05. The molecule has 6 heteroatoms. The number of nitro groups is 1. The number of nitro benzene ring substituents is 1. The van der Waals surface area contributed by atoms with Crippen LogP contribution in [0.5, 0.6) is 11.5 Å². The molecule has 0 saturated carbocycles. The molecule has 1 unspecified atom stereocenters. The second kappa shape index (κ2) is 6.02. The van der Waals surface area contributed by atoms with E-state index in [1.807, 2.05) is 13.0 Å². The minimum atomic E-state index is -0.456. The highest BCUT2D eigenvalue weighted by Gasteiger charge is 2.09. The van der Waals surface area contributed by atoms with Crippen molar-refractivity contribution >= 4 is 21.6 Å². The summed E-state index contributed by atoms with van der Waals surface area (Å²) in [6.45, 7) is 1.89. The topological polar surface area (TPSA) is 78.4 Å². The van der Waals surface area contributed by atoms with Gasteiger partial charge in [-0.3, -0.25) is 10.1 Å². The second-order valence-electron chi connectivity index (χ2n) is 4.33. The molecule has 0 heterocycles. The lowest BCUT2D eigenvalue weighted by atomic mass is 10.1. The Kier molecular flexibility index (Phi) is 4.36. The second-order valence-corrected chi connectivity index (χ2v) is 5.18. The van der Waals surface area contributed by atoms with Crippen LogP contribution in [0, 0.1) is 10.1 Å². The van der Waals surface area contributed by atoms with Gasteiger partial charge in [-0.25, -0.2) is 0 Å². The summed E-state index contributed by atoms with van der Waals surface area (Å²) >= 11 is 3.43. The lowest BCUT2D eigenvalue weighted by molar-refractivity contribution is -0.384. The molecule has 20 heavy (non-hydrogen) atoms. The first kappa shape index (κ1) is 14.5. The fourth-order valence-corrected chi connectivity index (χ4v) is 2.46. The number of hydrogen-bond acceptors (Lipinski definition) is 4. The third-order valence-corrected chi connectivity index (χ3v) is 3.41. The first-order chi connectivity index (χ1) is 9.47. The van der Waals surface area contributed by atoms with Gasteiger partial charge in [-0.05, 0) is 30.7 Å². The van der Waals surface area contributed by atoms with Gasteiger partial charge in [0, 0.05) is 16.6 Å². The zero-order valence-corrected chi connectivity index (χ0v) is 12.3. The molecule has 0 fully saturated rings. The van der Waals surface area contributed by atoms with E-state index in [4.69, 9.17) is 10.5 Å². The molecule has 0 aliphatic rings. The maximum atomic E-state index is 10.7. The standard InChI is InChI=1S/C14H13BrN2O3/c1-9(16)13-6-5-12(8-14(13)15)20-11-4-2-3-10(7-11)17(18)19/h2-9H,16H2,1H3. The first-order valence-electron chi connectivity index (χ1n) is 5.94. The van der Waals surface area contributed by atoms with E-state index in [0.717, 1.165) is 10.0 Å². The third kappa shape index (κ3) is 3.34. The molecular formula is C14H13BrN2O3. The molecule has 0 aliphatic carbocycles. The highest BCUT2D eigenvalue weighted by molar-refractivity contribution is 9.10. The van der Waals surface area contributed by atoms with E-state index in [-0.39, 0.29) is 11.7 Å². The minimum Gasteiger partial charge on any atom is -0.457 e. The summed E-state index contributed by atoms with van der Waals surface area (Å²) in [7, 11) is 0. The van der Waals surface area contributed by atoms with E-state index in [0.29, 0.717) is 11.5 Å². The maximum Gasteiger partial charge on any atom is 0.273 e. The van der Waals surface area contributed by atoms with Gasteiger partial charge in [0.15, 0.2) is 0 Å². The summed E-state index contributed by atoms with van der Waals surface area (Å²) < 4.78 is 6.45. The van der Waals surface area contributed by atoms with E-state index in [2.05, 4.69) is 15.9 Å². The molecule has 0 aromatic heterocycles. The molecule has 0 aliphatic heterocycles. The fourth-order valence-electron chi connectivity index (χ4n) is 1.74. The predicted molar refractivity (Wildman–Crippen MR) is 79.9 cm³/mol. The van der Waals surface area contributed by atoms with Gasteiger partial charge < -0.3 is 10.5 Å². The largest absolute Gasteiger partial charge is 0.457 e. The maximum absolute atomic E-state index is 10.7. The average molecular weight is 337 g/mol. The predicted octanol–water partition coefficient (Wildman–Crippen LogP) is 4.17. The van der Waals surface area contributed by atoms with Crippen LogP contribution in [0.1, 0.15) is 18.5 Å². The van der Waals surface area contributed by atoms with Crippen LogP contribution in [0.2, 0.25) is 0 Å². The first-order valence-corrected chi connectivity index (χ1v) is 6.74. The summed E-state index contributed by atoms with van der Waals surface area (Å²) in [5.74, 6) is 1.00. The van der Waals surface area contributed by atoms with Crippen molar-refractivity contribution < 1.29 is 9.66 Å². The van der Waals surface area contributed by atoms with E-state index >= 15 is 0 Å². The Balaban J connectivity index is 2.24. The van der Waals surface area contributed by atoms with E-state index in [1.165, 1.54) is 12.1 Å². The van der Waals surface area contributed by atoms with Gasteiger partial charge in [-0.1, -0.05) is 28.1 Å². The van der Waals surface area contributed by atoms with Crippen molar-refractivity contribution in [3.63, 3.8) is 0 Å². The van der Waals surface area contributed by atoms with Crippen molar-refractivity contribution in [3.05, 3.63) is 62.6 Å². The van der Waals surface area contributed by atoms with Gasteiger partial charge in [-0.2, -0.15) is 0 Å². The minimum absolute atomic E-state index is 0.00577. The Morgan fingerprint density at radius 2 is 1.95 bits per heavy atom. The Morgan fingerprint density at radius 1 is 1.25 bits per heavy atom. The third-order valence-electron chi connectivity index (χ3n) is 2.73. The summed E-state index contributed by atoms with van der Waals surface area (Å²) in [6.07, 6.45) is 0. The number of hydrogen-bond donors (Lipinski definition) is 1. The summed E-state index contributed by atoms with van der Waals surface area (Å²) in [4.78, 5) is 10.3. The fraction of sp³-hybridized carbons (Fsp3) is 0.143. The number of halogens is 1. The molecule has 5 nitrogen and oxygen atoms in total. The van der Waals surface area contributed by atoms with Crippen molar-refractivity contribution in [2.75, 3.05) is 0 Å². The molecule has 0 saturated heterocycles. The van der Waals surface area contributed by atoms with Crippen molar-refractivity contribution in [3.8, 4) is 11.5 Å². The summed E-state index contributed by atoms with van der Waals surface area (Å²) in [5, 5.41) is 10.7. The Bertz CT molecular complexity index is 644. The van der Waals surface area contributed by atoms with Crippen LogP contribution in [0.3, 0.4) is 0 Å². The van der Waals surface area contributed by atoms with Crippen LogP contribution in [0.15, 0.2) is 46.9 Å². The molecule has 2 aromatic carbocycles. The zero-order valence-electron chi connectivity index (χ0n) is 10.7. The quantitative estimate of drug-likeness (QED) is 0.671. The molecule has 0 bridgehead atoms. The number of rotatable bonds is 4. The van der Waals surface area contributed by atoms with Crippen molar-refractivity contribution in [1.29, 1.82) is 0 Å². The SMILES string of the molecule is CC(N)c1ccc(Oc2cccc([N+](=O)[O-])c2)cc1Br. The number of ether oxygens (including phenoxy) is 1. The molecular weight excluding hydrogens is 324 g/mol. The van der Waals surface area contributed by atoms with Gasteiger partial charge >= 0.3 is 0 Å². The molecule has 0 spiro atoms. The van der Waals surface area contributed by atoms with E-state index < -0.39 is 4.92 Å². The van der Waals surface area contributed by atoms with E-state index in [1.54, 1.807) is 24.3 Å². The monoisotopic (exact) mass is 336 g/mol. The van der Waals surface area contributed by atoms with E-state index in [9.17, 15) is 10.1 Å². The molecule has 2 N–H and O–H groups in total. The van der Waals surface area contributed by atoms with Crippen molar-refractivity contribution in [1.82, 2.24) is 0 Å². The number of non-ortho nitro benzene ring substituents is 1. The highest BCUT2D eigenvalue weighted by Crippen LogP contribution is 2.30. The normalized spacial score (nSPS) is 11.9. The van der Waals surface area contributed by atoms with Crippen molar-refractivity contribution in [2.24, 2.45) is 5.73 Å². The van der Waals surface area contributed by atoms with Gasteiger partial charge in [0.25, 0.3) is 5.69 Å². The van der Waals surface area contributed by atoms with Crippen LogP contribution < -0.4 is 10.5 Å². The molecule has 0 amide bonds. The summed E-state index contributed by atoms with van der Waals surface area (Å²) in [5.41, 5.74) is 6.79. The number of nitrogens with two attached hydrogens (primary N) is 1. The Hall–Kier alpha value is -1.92. The van der Waals surface area contributed by atoms with Gasteiger partial charge in [0.05, 0.1) is 11.0 Å². The van der Waals surface area contributed by atoms with Crippen LogP contribution in [-0.4, -0.2) is 4.92 Å². The summed E-state index contributed by atoms with van der Waals surface area (Å²) in [6, 6.07) is 11.4. The van der Waals surface area contributed by atoms with Crippen LogP contribution >= 0.6 is 15.9 Å². The molecule has 1 atom stereocenters. The van der Waals surface area contributed by atoms with Crippen LogP contribution in [0.25, 0.3) is 0 Å². The average Bonchev–Trinajstić information content (AvgIpc) is 2.38. The van der Waals surface area contributed by atoms with Gasteiger partial charge in [0.2, 0.25) is 0 Å². The number of nitrogens with zero attached hydrogens (tertiary/aromatic N) is 1. The molecule has 2 rings (SSSR count). The zero-order chi connectivity index (χ0) is 14.7. The lowest BCUT2D eigenvalue weighted by Gasteiger charge is -2.11. The van der Waals surface area contributed by atoms with Crippen LogP contribution in [-0.2, 0) is 0 Å². The Morgan fingerprint density at radius 3 is 2.55 bits per heavy atom. The van der Waals surface area contributed by atoms with Gasteiger partial charge in [0.1, 0.15) is 11.5 Å². The molecule has 2 aromatic rings.